The molecule has 0 amide bonds. The second-order valence-electron chi connectivity index (χ2n) is 5.26. The van der Waals surface area contributed by atoms with Gasteiger partial charge in [0.2, 0.25) is 0 Å². The quantitative estimate of drug-likeness (QED) is 0.656. The Morgan fingerprint density at radius 3 is 3.00 bits per heavy atom. The van der Waals surface area contributed by atoms with E-state index in [1.807, 2.05) is 48.0 Å². The van der Waals surface area contributed by atoms with Gasteiger partial charge in [-0.05, 0) is 56.2 Å². The summed E-state index contributed by atoms with van der Waals surface area (Å²) in [6.07, 6.45) is 5.39. The van der Waals surface area contributed by atoms with E-state index < -0.39 is 0 Å². The predicted octanol–water partition coefficient (Wildman–Crippen LogP) is 3.24. The van der Waals surface area contributed by atoms with E-state index in [-0.39, 0.29) is 5.97 Å². The highest BCUT2D eigenvalue weighted by Gasteiger charge is 2.11. The Morgan fingerprint density at radius 2 is 2.13 bits per heavy atom. The fraction of sp³-hybridized carbons (Fsp3) is 0.278. The summed E-state index contributed by atoms with van der Waals surface area (Å²) in [6.45, 7) is 2.95. The number of pyridine rings is 2. The average Bonchev–Trinajstić information content (AvgIpc) is 3.03. The van der Waals surface area contributed by atoms with Crippen molar-refractivity contribution in [2.24, 2.45) is 0 Å². The van der Waals surface area contributed by atoms with Gasteiger partial charge in [0, 0.05) is 30.0 Å². The highest BCUT2D eigenvalue weighted by Crippen LogP contribution is 2.12. The molecule has 0 saturated carbocycles. The molecule has 0 saturated heterocycles. The summed E-state index contributed by atoms with van der Waals surface area (Å²) in [4.78, 5) is 20.7. The largest absolute Gasteiger partial charge is 0.461 e. The van der Waals surface area contributed by atoms with Crippen LogP contribution >= 0.6 is 0 Å². The lowest BCUT2D eigenvalue weighted by atomic mass is 10.2. The van der Waals surface area contributed by atoms with Crippen LogP contribution in [0, 0.1) is 0 Å². The van der Waals surface area contributed by atoms with Crippen LogP contribution in [0.3, 0.4) is 0 Å². The van der Waals surface area contributed by atoms with Crippen LogP contribution in [-0.4, -0.2) is 27.1 Å². The van der Waals surface area contributed by atoms with Gasteiger partial charge in [0.15, 0.2) is 5.65 Å². The number of hydrogen-bond donors (Lipinski definition) is 0. The molecule has 0 atom stereocenters. The minimum absolute atomic E-state index is 0.273. The van der Waals surface area contributed by atoms with Crippen LogP contribution in [0.1, 0.15) is 29.5 Å². The molecule has 0 unspecified atom stereocenters. The lowest BCUT2D eigenvalue weighted by Gasteiger charge is -2.08. The van der Waals surface area contributed by atoms with Gasteiger partial charge in [-0.3, -0.25) is 0 Å². The minimum Gasteiger partial charge on any atom is -0.461 e. The Hall–Kier alpha value is -2.69. The molecule has 0 N–H and O–H groups in total. The van der Waals surface area contributed by atoms with Gasteiger partial charge in [-0.25, -0.2) is 14.8 Å². The lowest BCUT2D eigenvalue weighted by molar-refractivity contribution is 0.0513. The zero-order valence-electron chi connectivity index (χ0n) is 13.1. The number of aromatic nitrogens is 3. The maximum Gasteiger partial charge on any atom is 0.354 e. The second-order valence-corrected chi connectivity index (χ2v) is 5.26. The van der Waals surface area contributed by atoms with Gasteiger partial charge in [0.25, 0.3) is 0 Å². The fourth-order valence-electron chi connectivity index (χ4n) is 2.56. The van der Waals surface area contributed by atoms with Crippen LogP contribution in [0.2, 0.25) is 0 Å². The summed E-state index contributed by atoms with van der Waals surface area (Å²) in [7, 11) is 0. The van der Waals surface area contributed by atoms with Crippen molar-refractivity contribution in [3.63, 3.8) is 0 Å². The summed E-state index contributed by atoms with van der Waals surface area (Å²) in [6, 6.07) is 11.6. The van der Waals surface area contributed by atoms with Crippen LogP contribution in [0.15, 0.2) is 48.8 Å². The van der Waals surface area contributed by atoms with Crippen molar-refractivity contribution in [3.8, 4) is 0 Å². The Morgan fingerprint density at radius 1 is 1.22 bits per heavy atom. The minimum atomic E-state index is -0.273. The molecule has 3 heterocycles. The van der Waals surface area contributed by atoms with E-state index in [9.17, 15) is 4.79 Å². The van der Waals surface area contributed by atoms with Gasteiger partial charge in [-0.15, -0.1) is 0 Å². The molecule has 3 aromatic heterocycles. The van der Waals surface area contributed by atoms with E-state index in [1.54, 1.807) is 12.3 Å². The first-order valence-electron chi connectivity index (χ1n) is 7.81. The van der Waals surface area contributed by atoms with Crippen LogP contribution < -0.4 is 0 Å². The first kappa shape index (κ1) is 15.2. The molecule has 0 aromatic carbocycles. The van der Waals surface area contributed by atoms with Gasteiger partial charge >= 0.3 is 5.97 Å². The smallest absolute Gasteiger partial charge is 0.354 e. The number of esters is 1. The van der Waals surface area contributed by atoms with Gasteiger partial charge in [-0.2, -0.15) is 0 Å². The number of carbonyl (C=O) groups excluding carboxylic acids is 1. The molecule has 0 aliphatic rings. The molecule has 118 valence electrons. The van der Waals surface area contributed by atoms with Crippen molar-refractivity contribution >= 4 is 17.0 Å². The normalized spacial score (nSPS) is 10.8. The number of nitrogens with zero attached hydrogens (tertiary/aromatic N) is 3. The molecule has 0 aliphatic heterocycles. The lowest BCUT2D eigenvalue weighted by Crippen LogP contribution is -2.12. The monoisotopic (exact) mass is 309 g/mol. The number of hydrogen-bond acceptors (Lipinski definition) is 4. The van der Waals surface area contributed by atoms with Crippen LogP contribution in [0.25, 0.3) is 11.0 Å². The maximum atomic E-state index is 11.8. The van der Waals surface area contributed by atoms with E-state index in [0.29, 0.717) is 12.3 Å². The van der Waals surface area contributed by atoms with Crippen molar-refractivity contribution in [1.29, 1.82) is 0 Å². The number of ether oxygens (including phenoxy) is 1. The standard InChI is InChI=1S/C18H19N3O2/c1-2-23-18(22)16-8-5-13-21(16)12-4-7-15-10-9-14-6-3-11-19-17(14)20-15/h3,5-6,8-11,13H,2,4,7,12H2,1H3. The first-order chi connectivity index (χ1) is 11.3. The van der Waals surface area contributed by atoms with E-state index >= 15 is 0 Å². The summed E-state index contributed by atoms with van der Waals surface area (Å²) in [5.41, 5.74) is 2.39. The molecule has 0 aliphatic carbocycles. The molecular weight excluding hydrogens is 290 g/mol. The van der Waals surface area contributed by atoms with E-state index in [2.05, 4.69) is 9.97 Å². The van der Waals surface area contributed by atoms with Crippen LogP contribution in [-0.2, 0) is 17.7 Å². The third kappa shape index (κ3) is 3.56. The molecule has 0 radical (unpaired) electrons. The van der Waals surface area contributed by atoms with Crippen molar-refractivity contribution in [3.05, 3.63) is 60.2 Å². The van der Waals surface area contributed by atoms with Crippen molar-refractivity contribution < 1.29 is 9.53 Å². The maximum absolute atomic E-state index is 11.8. The van der Waals surface area contributed by atoms with Gasteiger partial charge in [0.05, 0.1) is 6.61 Å². The fourth-order valence-corrected chi connectivity index (χ4v) is 2.56. The van der Waals surface area contributed by atoms with Crippen molar-refractivity contribution in [2.75, 3.05) is 6.61 Å². The molecule has 5 nitrogen and oxygen atoms in total. The van der Waals surface area contributed by atoms with Crippen molar-refractivity contribution in [1.82, 2.24) is 14.5 Å². The highest BCUT2D eigenvalue weighted by molar-refractivity contribution is 5.87. The molecule has 3 aromatic rings. The Balaban J connectivity index is 1.63. The Bertz CT molecular complexity index is 811. The van der Waals surface area contributed by atoms with Crippen LogP contribution in [0.5, 0.6) is 0 Å². The molecule has 5 heteroatoms. The summed E-state index contributed by atoms with van der Waals surface area (Å²) < 4.78 is 6.99. The zero-order valence-corrected chi connectivity index (χ0v) is 13.1. The van der Waals surface area contributed by atoms with Crippen LogP contribution in [0.4, 0.5) is 0 Å². The zero-order chi connectivity index (χ0) is 16.1. The SMILES string of the molecule is CCOC(=O)c1cccn1CCCc1ccc2cccnc2n1. The molecule has 3 rings (SSSR count). The summed E-state index contributed by atoms with van der Waals surface area (Å²) in [5, 5.41) is 1.05. The van der Waals surface area contributed by atoms with Crippen molar-refractivity contribution in [2.45, 2.75) is 26.3 Å². The van der Waals surface area contributed by atoms with E-state index in [4.69, 9.17) is 4.74 Å². The molecule has 0 bridgehead atoms. The first-order valence-corrected chi connectivity index (χ1v) is 7.81. The van der Waals surface area contributed by atoms with Gasteiger partial charge in [0.1, 0.15) is 5.69 Å². The second kappa shape index (κ2) is 7.05. The molecular formula is C18H19N3O2. The Kier molecular flexibility index (Phi) is 4.66. The van der Waals surface area contributed by atoms with Gasteiger partial charge in [-0.1, -0.05) is 0 Å². The number of aryl methyl sites for hydroxylation is 2. The summed E-state index contributed by atoms with van der Waals surface area (Å²) >= 11 is 0. The molecule has 23 heavy (non-hydrogen) atoms. The van der Waals surface area contributed by atoms with Gasteiger partial charge < -0.3 is 9.30 Å². The number of fused-ring (bicyclic) bond motifs is 1. The third-order valence-electron chi connectivity index (χ3n) is 3.67. The number of carbonyl (C=O) groups is 1. The Labute approximate surface area is 134 Å². The topological polar surface area (TPSA) is 57.0 Å². The molecule has 0 spiro atoms. The third-order valence-corrected chi connectivity index (χ3v) is 3.67. The van der Waals surface area contributed by atoms with E-state index in [1.165, 1.54) is 0 Å². The highest BCUT2D eigenvalue weighted by atomic mass is 16.5. The summed E-state index contributed by atoms with van der Waals surface area (Å²) in [5.74, 6) is -0.273. The molecule has 0 fully saturated rings. The van der Waals surface area contributed by atoms with E-state index in [0.717, 1.165) is 36.1 Å². The predicted molar refractivity (Wildman–Crippen MR) is 88.2 cm³/mol. The number of rotatable bonds is 6. The average molecular weight is 309 g/mol.